The number of carboxylic acids is 1. The summed E-state index contributed by atoms with van der Waals surface area (Å²) in [4.78, 5) is 15.3. The second kappa shape index (κ2) is 2.98. The Bertz CT molecular complexity index is 421. The van der Waals surface area contributed by atoms with E-state index in [0.717, 1.165) is 11.3 Å². The van der Waals surface area contributed by atoms with E-state index in [1.807, 2.05) is 0 Å². The summed E-state index contributed by atoms with van der Waals surface area (Å²) in [5, 5.41) is 12.2. The lowest BCUT2D eigenvalue weighted by Crippen LogP contribution is -1.89. The molecule has 0 bridgehead atoms. The van der Waals surface area contributed by atoms with Crippen LogP contribution >= 0.6 is 11.3 Å². The standard InChI is InChI=1S/C7H4N2O3S/c10-7(11)5-2-1-4(13-5)6-8-3-12-9-6/h1-3H,(H,10,11). The lowest BCUT2D eigenvalue weighted by molar-refractivity contribution is 0.0702. The fraction of sp³-hybridized carbons (Fsp3) is 0. The summed E-state index contributed by atoms with van der Waals surface area (Å²) < 4.78 is 4.54. The van der Waals surface area contributed by atoms with Crippen molar-refractivity contribution in [2.45, 2.75) is 0 Å². The fourth-order valence-corrected chi connectivity index (χ4v) is 1.63. The Kier molecular flexibility index (Phi) is 1.82. The first kappa shape index (κ1) is 7.93. The molecule has 0 aliphatic carbocycles. The lowest BCUT2D eigenvalue weighted by atomic mass is 10.4. The minimum atomic E-state index is -0.945. The maximum atomic E-state index is 10.5. The number of aromatic nitrogens is 2. The van der Waals surface area contributed by atoms with Crippen LogP contribution in [0.15, 0.2) is 23.0 Å². The molecule has 0 aromatic carbocycles. The molecule has 2 rings (SSSR count). The molecular formula is C7H4N2O3S. The van der Waals surface area contributed by atoms with Gasteiger partial charge in [0.25, 0.3) is 0 Å². The van der Waals surface area contributed by atoms with Gasteiger partial charge in [0.15, 0.2) is 0 Å². The number of carboxylic acid groups (broad SMARTS) is 1. The van der Waals surface area contributed by atoms with Crippen molar-refractivity contribution in [1.82, 2.24) is 10.1 Å². The van der Waals surface area contributed by atoms with Crippen molar-refractivity contribution < 1.29 is 14.4 Å². The molecule has 0 aliphatic rings. The van der Waals surface area contributed by atoms with Gasteiger partial charge in [0.2, 0.25) is 12.2 Å². The molecule has 0 fully saturated rings. The third-order valence-electron chi connectivity index (χ3n) is 1.40. The molecule has 6 heteroatoms. The van der Waals surface area contributed by atoms with Crippen LogP contribution in [0.1, 0.15) is 9.67 Å². The van der Waals surface area contributed by atoms with Gasteiger partial charge in [-0.3, -0.25) is 0 Å². The Morgan fingerprint density at radius 2 is 2.38 bits per heavy atom. The first-order valence-electron chi connectivity index (χ1n) is 3.37. The molecule has 0 amide bonds. The van der Waals surface area contributed by atoms with Gasteiger partial charge in [0.1, 0.15) is 4.88 Å². The molecule has 2 aromatic rings. The molecular weight excluding hydrogens is 192 g/mol. The van der Waals surface area contributed by atoms with Gasteiger partial charge in [-0.25, -0.2) is 4.79 Å². The van der Waals surface area contributed by atoms with Crippen molar-refractivity contribution in [1.29, 1.82) is 0 Å². The molecule has 0 spiro atoms. The second-order valence-corrected chi connectivity index (χ2v) is 3.31. The Labute approximate surface area is 76.6 Å². The molecule has 2 heterocycles. The summed E-state index contributed by atoms with van der Waals surface area (Å²) in [6.07, 6.45) is 1.20. The van der Waals surface area contributed by atoms with E-state index in [9.17, 15) is 4.79 Å². The van der Waals surface area contributed by atoms with Crippen LogP contribution < -0.4 is 0 Å². The van der Waals surface area contributed by atoms with Crippen molar-refractivity contribution >= 4 is 17.3 Å². The summed E-state index contributed by atoms with van der Waals surface area (Å²) in [5.41, 5.74) is 0. The Morgan fingerprint density at radius 3 is 2.92 bits per heavy atom. The summed E-state index contributed by atoms with van der Waals surface area (Å²) >= 11 is 1.11. The second-order valence-electron chi connectivity index (χ2n) is 2.22. The van der Waals surface area contributed by atoms with Crippen LogP contribution in [-0.4, -0.2) is 21.2 Å². The van der Waals surface area contributed by atoms with Crippen molar-refractivity contribution in [2.75, 3.05) is 0 Å². The molecule has 0 saturated carbocycles. The highest BCUT2D eigenvalue weighted by Crippen LogP contribution is 2.24. The van der Waals surface area contributed by atoms with Gasteiger partial charge in [-0.2, -0.15) is 4.98 Å². The van der Waals surface area contributed by atoms with Crippen LogP contribution in [0.4, 0.5) is 0 Å². The van der Waals surface area contributed by atoms with Crippen LogP contribution in [0.5, 0.6) is 0 Å². The van der Waals surface area contributed by atoms with E-state index in [1.54, 1.807) is 6.07 Å². The van der Waals surface area contributed by atoms with Gasteiger partial charge in [0.05, 0.1) is 4.88 Å². The summed E-state index contributed by atoms with van der Waals surface area (Å²) in [6.45, 7) is 0. The van der Waals surface area contributed by atoms with E-state index in [-0.39, 0.29) is 4.88 Å². The zero-order chi connectivity index (χ0) is 9.26. The highest BCUT2D eigenvalue weighted by Gasteiger charge is 2.10. The molecule has 0 unspecified atom stereocenters. The number of carbonyl (C=O) groups is 1. The van der Waals surface area contributed by atoms with Crippen LogP contribution in [0, 0.1) is 0 Å². The van der Waals surface area contributed by atoms with Crippen LogP contribution in [0.3, 0.4) is 0 Å². The Balaban J connectivity index is 2.39. The molecule has 13 heavy (non-hydrogen) atoms. The number of hydrogen-bond acceptors (Lipinski definition) is 5. The quantitative estimate of drug-likeness (QED) is 0.787. The van der Waals surface area contributed by atoms with E-state index in [1.165, 1.54) is 12.5 Å². The highest BCUT2D eigenvalue weighted by molar-refractivity contribution is 7.17. The summed E-state index contributed by atoms with van der Waals surface area (Å²) in [6, 6.07) is 3.16. The predicted molar refractivity (Wildman–Crippen MR) is 44.6 cm³/mol. The normalized spacial score (nSPS) is 10.2. The Morgan fingerprint density at radius 1 is 1.54 bits per heavy atom. The molecule has 66 valence electrons. The van der Waals surface area contributed by atoms with E-state index in [2.05, 4.69) is 14.7 Å². The maximum absolute atomic E-state index is 10.5. The van der Waals surface area contributed by atoms with Gasteiger partial charge in [-0.15, -0.1) is 11.3 Å². The van der Waals surface area contributed by atoms with Crippen molar-refractivity contribution in [3.05, 3.63) is 23.4 Å². The maximum Gasteiger partial charge on any atom is 0.345 e. The predicted octanol–water partition coefficient (Wildman–Crippen LogP) is 1.50. The fourth-order valence-electron chi connectivity index (χ4n) is 0.852. The van der Waals surface area contributed by atoms with Gasteiger partial charge in [0, 0.05) is 0 Å². The number of rotatable bonds is 2. The first-order valence-corrected chi connectivity index (χ1v) is 4.19. The third kappa shape index (κ3) is 1.43. The number of nitrogens with zero attached hydrogens (tertiary/aromatic N) is 2. The van der Waals surface area contributed by atoms with E-state index >= 15 is 0 Å². The number of hydrogen-bond donors (Lipinski definition) is 1. The molecule has 0 saturated heterocycles. The molecule has 0 atom stereocenters. The SMILES string of the molecule is O=C(O)c1ccc(-c2ncon2)s1. The highest BCUT2D eigenvalue weighted by atomic mass is 32.1. The molecule has 1 N–H and O–H groups in total. The molecule has 0 radical (unpaired) electrons. The number of thiophene rings is 1. The van der Waals surface area contributed by atoms with Gasteiger partial charge in [-0.05, 0) is 12.1 Å². The van der Waals surface area contributed by atoms with Crippen LogP contribution in [-0.2, 0) is 0 Å². The summed E-state index contributed by atoms with van der Waals surface area (Å²) in [7, 11) is 0. The van der Waals surface area contributed by atoms with Gasteiger partial charge >= 0.3 is 5.97 Å². The van der Waals surface area contributed by atoms with Crippen molar-refractivity contribution in [2.24, 2.45) is 0 Å². The average molecular weight is 196 g/mol. The topological polar surface area (TPSA) is 76.2 Å². The monoisotopic (exact) mass is 196 g/mol. The van der Waals surface area contributed by atoms with Crippen molar-refractivity contribution in [3.8, 4) is 10.7 Å². The van der Waals surface area contributed by atoms with E-state index in [0.29, 0.717) is 10.7 Å². The zero-order valence-electron chi connectivity index (χ0n) is 6.30. The molecule has 2 aromatic heterocycles. The summed E-state index contributed by atoms with van der Waals surface area (Å²) in [5.74, 6) is -0.530. The number of aromatic carboxylic acids is 1. The lowest BCUT2D eigenvalue weighted by Gasteiger charge is -1.83. The van der Waals surface area contributed by atoms with Gasteiger partial charge in [-0.1, -0.05) is 5.16 Å². The largest absolute Gasteiger partial charge is 0.477 e. The minimum Gasteiger partial charge on any atom is -0.477 e. The third-order valence-corrected chi connectivity index (χ3v) is 2.47. The van der Waals surface area contributed by atoms with Crippen LogP contribution in [0.2, 0.25) is 0 Å². The molecule has 0 aliphatic heterocycles. The Hall–Kier alpha value is -1.69. The van der Waals surface area contributed by atoms with Crippen molar-refractivity contribution in [3.63, 3.8) is 0 Å². The minimum absolute atomic E-state index is 0.264. The smallest absolute Gasteiger partial charge is 0.345 e. The molecule has 5 nitrogen and oxygen atoms in total. The van der Waals surface area contributed by atoms with Crippen LogP contribution in [0.25, 0.3) is 10.7 Å². The zero-order valence-corrected chi connectivity index (χ0v) is 7.11. The van der Waals surface area contributed by atoms with E-state index < -0.39 is 5.97 Å². The average Bonchev–Trinajstić information content (AvgIpc) is 2.75. The van der Waals surface area contributed by atoms with Gasteiger partial charge < -0.3 is 9.63 Å². The first-order chi connectivity index (χ1) is 6.27. The van der Waals surface area contributed by atoms with E-state index in [4.69, 9.17) is 5.11 Å².